The highest BCUT2D eigenvalue weighted by Gasteiger charge is 2.31. The summed E-state index contributed by atoms with van der Waals surface area (Å²) in [5, 5.41) is 13.0. The van der Waals surface area contributed by atoms with Crippen LogP contribution < -0.4 is 5.32 Å². The summed E-state index contributed by atoms with van der Waals surface area (Å²) < 4.78 is 0. The van der Waals surface area contributed by atoms with Crippen LogP contribution >= 0.6 is 0 Å². The molecule has 2 N–H and O–H groups in total. The molecule has 4 rings (SSSR count). The van der Waals surface area contributed by atoms with Gasteiger partial charge >= 0.3 is 0 Å². The summed E-state index contributed by atoms with van der Waals surface area (Å²) in [6.07, 6.45) is 23.3. The van der Waals surface area contributed by atoms with Gasteiger partial charge in [0.25, 0.3) is 0 Å². The molecule has 2 heteroatoms. The van der Waals surface area contributed by atoms with E-state index in [1.54, 1.807) is 11.6 Å². The molecule has 0 radical (unpaired) electrons. The van der Waals surface area contributed by atoms with Crippen LogP contribution in [0.15, 0.2) is 36.9 Å². The van der Waals surface area contributed by atoms with Crippen molar-refractivity contribution >= 4 is 0 Å². The van der Waals surface area contributed by atoms with E-state index < -0.39 is 6.23 Å². The van der Waals surface area contributed by atoms with Gasteiger partial charge in [-0.15, -0.1) is 0 Å². The lowest BCUT2D eigenvalue weighted by molar-refractivity contribution is 0.153. The summed E-state index contributed by atoms with van der Waals surface area (Å²) in [6, 6.07) is 10.2. The highest BCUT2D eigenvalue weighted by atomic mass is 16.3. The van der Waals surface area contributed by atoms with Gasteiger partial charge in [-0.05, 0) is 111 Å². The Morgan fingerprint density at radius 3 is 1.79 bits per heavy atom. The number of nitrogens with one attached hydrogen (secondary N) is 1. The van der Waals surface area contributed by atoms with Crippen molar-refractivity contribution in [1.82, 2.24) is 5.32 Å². The van der Waals surface area contributed by atoms with Gasteiger partial charge < -0.3 is 5.11 Å². The zero-order valence-electron chi connectivity index (χ0n) is 21.9. The molecule has 1 aromatic rings. The number of rotatable bonds is 10. The van der Waals surface area contributed by atoms with Crippen molar-refractivity contribution < 1.29 is 5.11 Å². The lowest BCUT2D eigenvalue weighted by atomic mass is 9.68. The number of benzene rings is 1. The molecule has 0 heterocycles. The summed E-state index contributed by atoms with van der Waals surface area (Å²) in [5.74, 6) is 4.55. The van der Waals surface area contributed by atoms with Crippen molar-refractivity contribution in [2.45, 2.75) is 134 Å². The monoisotopic (exact) mass is 465 g/mol. The quantitative estimate of drug-likeness (QED) is 0.206. The lowest BCUT2D eigenvalue weighted by Crippen LogP contribution is -2.39. The third-order valence-electron chi connectivity index (χ3n) is 9.78. The van der Waals surface area contributed by atoms with Crippen LogP contribution in [0.1, 0.15) is 133 Å². The van der Waals surface area contributed by atoms with E-state index in [0.717, 1.165) is 36.5 Å². The second-order valence-corrected chi connectivity index (χ2v) is 12.0. The first-order valence-corrected chi connectivity index (χ1v) is 14.8. The summed E-state index contributed by atoms with van der Waals surface area (Å²) in [6.45, 7) is 5.99. The predicted octanol–water partition coefficient (Wildman–Crippen LogP) is 8.47. The van der Waals surface area contributed by atoms with Gasteiger partial charge in [0.15, 0.2) is 0 Å². The Hall–Kier alpha value is -1.12. The second-order valence-electron chi connectivity index (χ2n) is 12.0. The Morgan fingerprint density at radius 2 is 1.29 bits per heavy atom. The molecule has 3 fully saturated rings. The van der Waals surface area contributed by atoms with Crippen LogP contribution in [0.3, 0.4) is 0 Å². The predicted molar refractivity (Wildman–Crippen MR) is 145 cm³/mol. The third-order valence-corrected chi connectivity index (χ3v) is 9.78. The van der Waals surface area contributed by atoms with Gasteiger partial charge in [0.05, 0.1) is 0 Å². The Bertz CT molecular complexity index is 703. The number of unbranched alkanes of at least 4 members (excludes halogenated alkanes) is 2. The van der Waals surface area contributed by atoms with Gasteiger partial charge in [-0.2, -0.15) is 0 Å². The molecule has 2 nitrogen and oxygen atoms in total. The van der Waals surface area contributed by atoms with Crippen molar-refractivity contribution in [2.75, 3.05) is 0 Å². The zero-order valence-corrected chi connectivity index (χ0v) is 21.9. The smallest absolute Gasteiger partial charge is 0.124 e. The lowest BCUT2D eigenvalue weighted by Gasteiger charge is -2.38. The zero-order chi connectivity index (χ0) is 23.8. The van der Waals surface area contributed by atoms with Crippen molar-refractivity contribution in [1.29, 1.82) is 0 Å². The minimum absolute atomic E-state index is 0.426. The molecule has 190 valence electrons. The molecule has 0 spiro atoms. The van der Waals surface area contributed by atoms with E-state index in [2.05, 4.69) is 43.1 Å². The molecule has 0 aliphatic heterocycles. The van der Waals surface area contributed by atoms with Crippen LogP contribution in [0.4, 0.5) is 0 Å². The molecule has 1 atom stereocenters. The average molecular weight is 466 g/mol. The van der Waals surface area contributed by atoms with Gasteiger partial charge in [0.2, 0.25) is 0 Å². The van der Waals surface area contributed by atoms with E-state index in [0.29, 0.717) is 12.0 Å². The molecule has 0 amide bonds. The first kappa shape index (κ1) is 26.0. The highest BCUT2D eigenvalue weighted by molar-refractivity contribution is 5.28. The molecule has 1 unspecified atom stereocenters. The highest BCUT2D eigenvalue weighted by Crippen LogP contribution is 2.45. The first-order valence-electron chi connectivity index (χ1n) is 14.8. The molecule has 3 aliphatic rings. The summed E-state index contributed by atoms with van der Waals surface area (Å²) in [5.41, 5.74) is 3.11. The molecule has 34 heavy (non-hydrogen) atoms. The standard InChI is InChI=1S/C32H51NO/c1-3-5-6-7-24-8-10-25(11-9-24)26-12-14-27(15-13-26)28-16-18-29(19-17-28)30-20-22-31(23-21-30)33-32(34)4-2/h4,16-19,24-27,30-34H,2-3,5-15,20-23H2,1H3. The molecular weight excluding hydrogens is 414 g/mol. The third kappa shape index (κ3) is 7.20. The van der Waals surface area contributed by atoms with E-state index in [1.807, 2.05) is 0 Å². The van der Waals surface area contributed by atoms with Crippen LogP contribution in [0.5, 0.6) is 0 Å². The number of aliphatic hydroxyl groups excluding tert-OH is 1. The summed E-state index contributed by atoms with van der Waals surface area (Å²) in [7, 11) is 0. The molecule has 0 bridgehead atoms. The van der Waals surface area contributed by atoms with Crippen LogP contribution in [0, 0.1) is 17.8 Å². The fourth-order valence-electron chi connectivity index (χ4n) is 7.50. The van der Waals surface area contributed by atoms with Crippen LogP contribution in [-0.4, -0.2) is 17.4 Å². The van der Waals surface area contributed by atoms with Crippen molar-refractivity contribution in [3.63, 3.8) is 0 Å². The van der Waals surface area contributed by atoms with E-state index in [1.165, 1.54) is 95.5 Å². The molecule has 3 aliphatic carbocycles. The molecule has 3 saturated carbocycles. The number of hydrogen-bond donors (Lipinski definition) is 2. The average Bonchev–Trinajstić information content (AvgIpc) is 2.90. The molecule has 1 aromatic carbocycles. The Labute approximate surface area is 210 Å². The first-order chi connectivity index (χ1) is 16.7. The van der Waals surface area contributed by atoms with E-state index in [-0.39, 0.29) is 0 Å². The van der Waals surface area contributed by atoms with E-state index in [9.17, 15) is 5.11 Å². The molecule has 0 aromatic heterocycles. The summed E-state index contributed by atoms with van der Waals surface area (Å²) in [4.78, 5) is 0. The normalized spacial score (nSPS) is 33.4. The van der Waals surface area contributed by atoms with Crippen molar-refractivity contribution in [3.05, 3.63) is 48.0 Å². The maximum atomic E-state index is 9.76. The van der Waals surface area contributed by atoms with Crippen LogP contribution in [-0.2, 0) is 0 Å². The fourth-order valence-corrected chi connectivity index (χ4v) is 7.50. The molecule has 0 saturated heterocycles. The van der Waals surface area contributed by atoms with Crippen LogP contribution in [0.25, 0.3) is 0 Å². The summed E-state index contributed by atoms with van der Waals surface area (Å²) >= 11 is 0. The van der Waals surface area contributed by atoms with Gasteiger partial charge in [0.1, 0.15) is 6.23 Å². The SMILES string of the molecule is C=CC(O)NC1CCC(c2ccc(C3CCC(C4CCC(CCCCC)CC4)CC3)cc2)CC1. The minimum Gasteiger partial charge on any atom is -0.375 e. The maximum Gasteiger partial charge on any atom is 0.124 e. The Morgan fingerprint density at radius 1 is 0.794 bits per heavy atom. The van der Waals surface area contributed by atoms with Gasteiger partial charge in [-0.25, -0.2) is 0 Å². The van der Waals surface area contributed by atoms with Gasteiger partial charge in [0, 0.05) is 6.04 Å². The van der Waals surface area contributed by atoms with Crippen molar-refractivity contribution in [3.8, 4) is 0 Å². The minimum atomic E-state index is -0.568. The van der Waals surface area contributed by atoms with E-state index in [4.69, 9.17) is 0 Å². The topological polar surface area (TPSA) is 32.3 Å². The molecular formula is C32H51NO. The number of aliphatic hydroxyl groups is 1. The second kappa shape index (κ2) is 13.3. The van der Waals surface area contributed by atoms with Gasteiger partial charge in [-0.3, -0.25) is 5.32 Å². The Kier molecular flexibility index (Phi) is 10.1. The van der Waals surface area contributed by atoms with Crippen LogP contribution in [0.2, 0.25) is 0 Å². The fraction of sp³-hybridized carbons (Fsp3) is 0.750. The Balaban J connectivity index is 1.18. The largest absolute Gasteiger partial charge is 0.375 e. The van der Waals surface area contributed by atoms with Gasteiger partial charge in [-0.1, -0.05) is 76.3 Å². The van der Waals surface area contributed by atoms with Crippen molar-refractivity contribution in [2.24, 2.45) is 17.8 Å². The maximum absolute atomic E-state index is 9.76. The van der Waals surface area contributed by atoms with E-state index >= 15 is 0 Å². The number of hydrogen-bond acceptors (Lipinski definition) is 2.